The fourth-order valence-corrected chi connectivity index (χ4v) is 2.16. The van der Waals surface area contributed by atoms with Gasteiger partial charge in [0.05, 0.1) is 29.7 Å². The molecule has 3 rings (SSSR count). The van der Waals surface area contributed by atoms with Gasteiger partial charge in [0.25, 0.3) is 5.92 Å². The molecule has 0 aliphatic rings. The Bertz CT molecular complexity index is 911. The molecule has 0 amide bonds. The number of aliphatic hydroxyl groups excluding tert-OH is 1. The van der Waals surface area contributed by atoms with Crippen LogP contribution in [0.25, 0.3) is 5.69 Å². The van der Waals surface area contributed by atoms with E-state index < -0.39 is 17.3 Å². The summed E-state index contributed by atoms with van der Waals surface area (Å²) in [7, 11) is 0. The zero-order chi connectivity index (χ0) is 18.7. The summed E-state index contributed by atoms with van der Waals surface area (Å²) < 4.78 is 47.1. The Morgan fingerprint density at radius 2 is 2.04 bits per heavy atom. The molecule has 0 fully saturated rings. The number of ether oxygens (including phenoxy) is 1. The van der Waals surface area contributed by atoms with E-state index in [2.05, 4.69) is 20.3 Å². The maximum absolute atomic E-state index is 13.6. The molecule has 0 unspecified atom stereocenters. The molecule has 0 saturated heterocycles. The van der Waals surface area contributed by atoms with Crippen molar-refractivity contribution in [3.05, 3.63) is 59.4 Å². The summed E-state index contributed by atoms with van der Waals surface area (Å²) >= 11 is 0. The number of aliphatic hydroxyl groups is 1. The minimum Gasteiger partial charge on any atom is -0.457 e. The van der Waals surface area contributed by atoms with Crippen molar-refractivity contribution in [1.82, 2.24) is 25.0 Å². The van der Waals surface area contributed by atoms with Gasteiger partial charge in [-0.3, -0.25) is 0 Å². The Balaban J connectivity index is 1.75. The van der Waals surface area contributed by atoms with Crippen LogP contribution in [0.3, 0.4) is 0 Å². The van der Waals surface area contributed by atoms with Gasteiger partial charge in [0.1, 0.15) is 18.1 Å². The summed E-state index contributed by atoms with van der Waals surface area (Å²) in [5, 5.41) is 16.7. The van der Waals surface area contributed by atoms with Crippen molar-refractivity contribution in [3.8, 4) is 11.7 Å². The normalized spacial score (nSPS) is 11.6. The van der Waals surface area contributed by atoms with Crippen LogP contribution >= 0.6 is 0 Å². The third kappa shape index (κ3) is 3.97. The largest absolute Gasteiger partial charge is 0.457 e. The minimum absolute atomic E-state index is 0.0210. The monoisotopic (exact) mass is 365 g/mol. The Hall–Kier alpha value is -3.01. The van der Waals surface area contributed by atoms with Crippen LogP contribution in [0.1, 0.15) is 23.9 Å². The summed E-state index contributed by atoms with van der Waals surface area (Å²) in [6.45, 7) is 0.354. The van der Waals surface area contributed by atoms with E-state index in [1.165, 1.54) is 23.1 Å². The number of hydrogen-bond donors (Lipinski definition) is 1. The summed E-state index contributed by atoms with van der Waals surface area (Å²) in [6, 6.07) is 4.88. The Labute approximate surface area is 146 Å². The number of rotatable bonds is 6. The van der Waals surface area contributed by atoms with Crippen LogP contribution in [0.5, 0.6) is 6.01 Å². The van der Waals surface area contributed by atoms with Gasteiger partial charge in [-0.1, -0.05) is 5.21 Å². The van der Waals surface area contributed by atoms with Crippen molar-refractivity contribution in [2.75, 3.05) is 0 Å². The Morgan fingerprint density at radius 1 is 1.23 bits per heavy atom. The van der Waals surface area contributed by atoms with Gasteiger partial charge in [0.15, 0.2) is 0 Å². The van der Waals surface area contributed by atoms with Crippen molar-refractivity contribution >= 4 is 0 Å². The van der Waals surface area contributed by atoms with E-state index in [0.717, 1.165) is 12.1 Å². The highest BCUT2D eigenvalue weighted by Crippen LogP contribution is 2.30. The molecule has 10 heteroatoms. The highest BCUT2D eigenvalue weighted by molar-refractivity contribution is 5.37. The molecule has 136 valence electrons. The second-order valence-electron chi connectivity index (χ2n) is 5.48. The lowest BCUT2D eigenvalue weighted by atomic mass is 10.1. The first kappa shape index (κ1) is 17.8. The molecule has 26 heavy (non-hydrogen) atoms. The van der Waals surface area contributed by atoms with Gasteiger partial charge < -0.3 is 9.84 Å². The van der Waals surface area contributed by atoms with Crippen LogP contribution in [0.2, 0.25) is 0 Å². The molecule has 7 nitrogen and oxygen atoms in total. The lowest BCUT2D eigenvalue weighted by molar-refractivity contribution is 0.0137. The SMILES string of the molecule is CC(F)(F)c1cc(-n2cc(COc3nccc(CO)n3)nn2)ccc1F. The summed E-state index contributed by atoms with van der Waals surface area (Å²) in [6.07, 6.45) is 2.90. The third-order valence-electron chi connectivity index (χ3n) is 3.43. The van der Waals surface area contributed by atoms with Crippen molar-refractivity contribution < 1.29 is 23.0 Å². The molecule has 0 atom stereocenters. The Morgan fingerprint density at radius 3 is 2.77 bits per heavy atom. The first-order chi connectivity index (χ1) is 12.4. The van der Waals surface area contributed by atoms with Crippen LogP contribution in [0.15, 0.2) is 36.7 Å². The predicted octanol–water partition coefficient (Wildman–Crippen LogP) is 2.38. The van der Waals surface area contributed by atoms with E-state index >= 15 is 0 Å². The second-order valence-corrected chi connectivity index (χ2v) is 5.48. The molecule has 0 bridgehead atoms. The van der Waals surface area contributed by atoms with Crippen molar-refractivity contribution in [3.63, 3.8) is 0 Å². The predicted molar refractivity (Wildman–Crippen MR) is 83.2 cm³/mol. The molecule has 2 heterocycles. The van der Waals surface area contributed by atoms with Gasteiger partial charge in [-0.2, -0.15) is 4.98 Å². The summed E-state index contributed by atoms with van der Waals surface area (Å²) in [5.74, 6) is -4.31. The molecule has 0 aliphatic carbocycles. The maximum Gasteiger partial charge on any atom is 0.317 e. The van der Waals surface area contributed by atoms with Gasteiger partial charge in [0, 0.05) is 13.1 Å². The average molecular weight is 365 g/mol. The maximum atomic E-state index is 13.6. The van der Waals surface area contributed by atoms with Crippen LogP contribution in [0.4, 0.5) is 13.2 Å². The quantitative estimate of drug-likeness (QED) is 0.722. The van der Waals surface area contributed by atoms with Crippen molar-refractivity contribution in [2.24, 2.45) is 0 Å². The first-order valence-corrected chi connectivity index (χ1v) is 7.52. The van der Waals surface area contributed by atoms with E-state index in [1.807, 2.05) is 0 Å². The van der Waals surface area contributed by atoms with E-state index in [0.29, 0.717) is 18.3 Å². The van der Waals surface area contributed by atoms with Crippen molar-refractivity contribution in [2.45, 2.75) is 26.1 Å². The van der Waals surface area contributed by atoms with Crippen LogP contribution in [-0.2, 0) is 19.1 Å². The van der Waals surface area contributed by atoms with Crippen molar-refractivity contribution in [1.29, 1.82) is 0 Å². The van der Waals surface area contributed by atoms with Crippen LogP contribution in [0, 0.1) is 5.82 Å². The summed E-state index contributed by atoms with van der Waals surface area (Å²) in [5.41, 5.74) is 0.299. The van der Waals surface area contributed by atoms with Gasteiger partial charge in [0.2, 0.25) is 0 Å². The number of aromatic nitrogens is 5. The van der Waals surface area contributed by atoms with E-state index in [1.54, 1.807) is 6.07 Å². The average Bonchev–Trinajstić information content (AvgIpc) is 3.08. The van der Waals surface area contributed by atoms with Gasteiger partial charge in [-0.05, 0) is 24.3 Å². The molecule has 0 radical (unpaired) electrons. The van der Waals surface area contributed by atoms with Crippen LogP contribution in [-0.4, -0.2) is 30.1 Å². The molecule has 1 aromatic carbocycles. The van der Waals surface area contributed by atoms with Gasteiger partial charge in [-0.25, -0.2) is 22.8 Å². The lowest BCUT2D eigenvalue weighted by Crippen LogP contribution is -2.11. The Kier molecular flexibility index (Phi) is 4.85. The van der Waals surface area contributed by atoms with Gasteiger partial charge >= 0.3 is 6.01 Å². The number of alkyl halides is 2. The topological polar surface area (TPSA) is 86.0 Å². The highest BCUT2D eigenvalue weighted by atomic mass is 19.3. The van der Waals surface area contributed by atoms with E-state index in [9.17, 15) is 13.2 Å². The molecule has 0 aliphatic heterocycles. The standard InChI is InChI=1S/C16H14F3N5O2/c1-16(18,19)13-6-12(2-3-14(13)17)24-7-11(22-23-24)9-26-15-20-5-4-10(8-25)21-15/h2-7,25H,8-9H2,1H3. The fraction of sp³-hybridized carbons (Fsp3) is 0.250. The highest BCUT2D eigenvalue weighted by Gasteiger charge is 2.28. The zero-order valence-electron chi connectivity index (χ0n) is 13.6. The summed E-state index contributed by atoms with van der Waals surface area (Å²) in [4.78, 5) is 7.85. The number of halogens is 3. The molecular weight excluding hydrogens is 351 g/mol. The third-order valence-corrected chi connectivity index (χ3v) is 3.43. The molecule has 0 spiro atoms. The molecular formula is C16H14F3N5O2. The number of hydrogen-bond acceptors (Lipinski definition) is 6. The van der Waals surface area contributed by atoms with Gasteiger partial charge in [-0.15, -0.1) is 5.10 Å². The van der Waals surface area contributed by atoms with Crippen LogP contribution < -0.4 is 4.74 Å². The first-order valence-electron chi connectivity index (χ1n) is 7.52. The molecule has 1 N–H and O–H groups in total. The van der Waals surface area contributed by atoms with E-state index in [-0.39, 0.29) is 24.9 Å². The van der Waals surface area contributed by atoms with E-state index in [4.69, 9.17) is 9.84 Å². The second kappa shape index (κ2) is 7.08. The smallest absolute Gasteiger partial charge is 0.317 e. The molecule has 0 saturated carbocycles. The fourth-order valence-electron chi connectivity index (χ4n) is 2.16. The molecule has 3 aromatic rings. The minimum atomic E-state index is -3.32. The zero-order valence-corrected chi connectivity index (χ0v) is 13.6. The number of benzene rings is 1. The lowest BCUT2D eigenvalue weighted by Gasteiger charge is -2.12. The molecule has 2 aromatic heterocycles. The number of nitrogens with zero attached hydrogens (tertiary/aromatic N) is 5.